The summed E-state index contributed by atoms with van der Waals surface area (Å²) in [5, 5.41) is 1.14. The number of hydrogen-bond donors (Lipinski definition) is 0. The van der Waals surface area contributed by atoms with Crippen LogP contribution in [0.25, 0.3) is 21.9 Å². The van der Waals surface area contributed by atoms with Crippen molar-refractivity contribution in [2.24, 2.45) is 0 Å². The van der Waals surface area contributed by atoms with E-state index in [0.29, 0.717) is 0 Å². The van der Waals surface area contributed by atoms with E-state index in [-0.39, 0.29) is 22.4 Å². The second-order valence-corrected chi connectivity index (χ2v) is 7.93. The van der Waals surface area contributed by atoms with Crippen molar-refractivity contribution in [1.29, 1.82) is 0 Å². The predicted molar refractivity (Wildman–Crippen MR) is 140 cm³/mol. The van der Waals surface area contributed by atoms with Gasteiger partial charge in [-0.05, 0) is 20.6 Å². The summed E-state index contributed by atoms with van der Waals surface area (Å²) in [6.07, 6.45) is 1.80. The van der Waals surface area contributed by atoms with Crippen LogP contribution in [0.1, 0.15) is 0 Å². The number of hydrogen-bond acceptors (Lipinski definition) is 1. The van der Waals surface area contributed by atoms with Gasteiger partial charge >= 0.3 is 28.4 Å². The molecular weight excluding hydrogens is 613 g/mol. The first-order chi connectivity index (χ1) is 16.9. The zero-order valence-electron chi connectivity index (χ0n) is 18.7. The Morgan fingerprint density at radius 2 is 1.06 bits per heavy atom. The van der Waals surface area contributed by atoms with E-state index in [2.05, 4.69) is 79.7 Å². The van der Waals surface area contributed by atoms with Crippen molar-refractivity contribution in [2.75, 3.05) is 0 Å². The summed E-state index contributed by atoms with van der Waals surface area (Å²) in [7, 11) is 0. The van der Waals surface area contributed by atoms with Gasteiger partial charge in [-0.3, -0.25) is 4.98 Å². The Morgan fingerprint density at radius 1 is 0.543 bits per heavy atom. The molecule has 0 N–H and O–H groups in total. The maximum atomic E-state index is 4.45. The predicted octanol–water partition coefficient (Wildman–Crippen LogP) is 6.89. The molecule has 0 aliphatic carbocycles. The van der Waals surface area contributed by atoms with E-state index in [1.807, 2.05) is 66.7 Å². The smallest absolute Gasteiger partial charge is 0.656 e. The van der Waals surface area contributed by atoms with E-state index >= 15 is 0 Å². The van der Waals surface area contributed by atoms with Gasteiger partial charge in [-0.15, -0.1) is 11.0 Å². The molecule has 4 aromatic carbocycles. The average Bonchev–Trinajstić information content (AvgIpc) is 3.49. The molecule has 7 rings (SSSR count). The van der Waals surface area contributed by atoms with E-state index in [4.69, 9.17) is 0 Å². The number of fused-ring (bicyclic) bond motifs is 4. The van der Waals surface area contributed by atoms with E-state index in [0.717, 1.165) is 44.7 Å². The van der Waals surface area contributed by atoms with Crippen molar-refractivity contribution in [2.45, 2.75) is 0 Å². The zero-order chi connectivity index (χ0) is 22.7. The maximum absolute atomic E-state index is 4.45. The number of nitrogens with zero attached hydrogens (tertiary/aromatic N) is 4. The van der Waals surface area contributed by atoms with Crippen LogP contribution in [-0.4, -0.2) is 11.0 Å². The third-order valence-corrected chi connectivity index (χ3v) is 5.78. The molecule has 3 heterocycles. The minimum absolute atomic E-state index is 0. The van der Waals surface area contributed by atoms with E-state index < -0.39 is 0 Å². The second kappa shape index (κ2) is 10.1. The van der Waals surface area contributed by atoms with Crippen LogP contribution in [0.3, 0.4) is 0 Å². The third kappa shape index (κ3) is 4.40. The van der Waals surface area contributed by atoms with Crippen LogP contribution in [0.5, 0.6) is 0 Å². The molecule has 0 radical (unpaired) electrons. The van der Waals surface area contributed by atoms with Gasteiger partial charge in [0.15, 0.2) is 0 Å². The Labute approximate surface area is 219 Å². The molecule has 0 unspecified atom stereocenters. The van der Waals surface area contributed by atoms with Crippen molar-refractivity contribution in [1.82, 2.24) is 19.1 Å². The SMILES string of the molecule is C1=[N+](c2ccccc2)c2ccccc2[N+]=1c1ccccc1.[Au+].c1ccc2c(c1)[n-]c1cccnc12. The molecule has 1 aliphatic heterocycles. The largest absolute Gasteiger partial charge is 1.00 e. The molecule has 170 valence electrons. The van der Waals surface area contributed by atoms with Gasteiger partial charge in [0, 0.05) is 42.6 Å². The Kier molecular flexibility index (Phi) is 6.53. The summed E-state index contributed by atoms with van der Waals surface area (Å²) in [6.45, 7) is 0. The van der Waals surface area contributed by atoms with Crippen LogP contribution < -0.4 is 14.1 Å². The average molecular weight is 634 g/mol. The minimum Gasteiger partial charge on any atom is -0.656 e. The Balaban J connectivity index is 0.000000156. The topological polar surface area (TPSA) is 33.0 Å². The van der Waals surface area contributed by atoms with Crippen LogP contribution >= 0.6 is 0 Å². The number of para-hydroxylation sites is 5. The summed E-state index contributed by atoms with van der Waals surface area (Å²) in [5.41, 5.74) is 7.52. The Bertz CT molecular complexity index is 1560. The number of rotatable bonds is 2. The normalized spacial score (nSPS) is 11.7. The molecule has 0 saturated carbocycles. The van der Waals surface area contributed by atoms with Crippen molar-refractivity contribution >= 4 is 50.7 Å². The van der Waals surface area contributed by atoms with Crippen LogP contribution in [-0.2, 0) is 22.4 Å². The maximum Gasteiger partial charge on any atom is 1.00 e. The van der Waals surface area contributed by atoms with E-state index in [1.54, 1.807) is 6.20 Å². The third-order valence-electron chi connectivity index (χ3n) is 5.78. The van der Waals surface area contributed by atoms with Crippen LogP contribution in [0.4, 0.5) is 22.7 Å². The zero-order valence-corrected chi connectivity index (χ0v) is 20.9. The second-order valence-electron chi connectivity index (χ2n) is 7.93. The molecule has 0 amide bonds. The van der Waals surface area contributed by atoms with E-state index in [1.165, 1.54) is 0 Å². The Morgan fingerprint density at radius 3 is 1.69 bits per heavy atom. The van der Waals surface area contributed by atoms with Crippen LogP contribution in [0.2, 0.25) is 0 Å². The van der Waals surface area contributed by atoms with Gasteiger partial charge < -0.3 is 4.98 Å². The number of pyridine rings is 1. The van der Waals surface area contributed by atoms with Gasteiger partial charge in [0.1, 0.15) is 0 Å². The van der Waals surface area contributed by atoms with Gasteiger partial charge in [-0.1, -0.05) is 78.9 Å². The molecule has 4 nitrogen and oxygen atoms in total. The van der Waals surface area contributed by atoms with Crippen LogP contribution in [0.15, 0.2) is 128 Å². The molecule has 35 heavy (non-hydrogen) atoms. The van der Waals surface area contributed by atoms with Crippen molar-refractivity contribution < 1.29 is 22.4 Å². The molecule has 0 saturated heterocycles. The van der Waals surface area contributed by atoms with Crippen molar-refractivity contribution in [3.8, 4) is 0 Å². The fourth-order valence-electron chi connectivity index (χ4n) is 4.19. The molecule has 0 atom stereocenters. The van der Waals surface area contributed by atoms with Crippen molar-refractivity contribution in [3.63, 3.8) is 0 Å². The number of aromatic nitrogens is 2. The van der Waals surface area contributed by atoms with Crippen LogP contribution in [0, 0.1) is 0 Å². The minimum atomic E-state index is 0. The first-order valence-corrected chi connectivity index (χ1v) is 11.2. The molecule has 0 spiro atoms. The molecule has 0 bridgehead atoms. The fourth-order valence-corrected chi connectivity index (χ4v) is 4.19. The van der Waals surface area contributed by atoms with Gasteiger partial charge in [0.25, 0.3) is 11.4 Å². The molecule has 2 aromatic heterocycles. The Hall–Kier alpha value is -4.05. The molecule has 5 heteroatoms. The fraction of sp³-hybridized carbons (Fsp3) is 0. The summed E-state index contributed by atoms with van der Waals surface area (Å²) >= 11 is 0. The summed E-state index contributed by atoms with van der Waals surface area (Å²) in [5.74, 6) is 0. The molecule has 0 fully saturated rings. The van der Waals surface area contributed by atoms with Gasteiger partial charge in [0.05, 0.1) is 5.52 Å². The first kappa shape index (κ1) is 22.7. The monoisotopic (exact) mass is 634 g/mol. The summed E-state index contributed by atoms with van der Waals surface area (Å²) in [6, 6.07) is 44.4. The van der Waals surface area contributed by atoms with Gasteiger partial charge in [-0.2, -0.15) is 0 Å². The summed E-state index contributed by atoms with van der Waals surface area (Å²) < 4.78 is 4.20. The first-order valence-electron chi connectivity index (χ1n) is 11.2. The summed E-state index contributed by atoms with van der Waals surface area (Å²) in [4.78, 5) is 8.76. The number of benzene rings is 4. The molecular formula is C30H21AuN4+2. The van der Waals surface area contributed by atoms with Gasteiger partial charge in [-0.25, -0.2) is 0 Å². The standard InChI is InChI=1S/C19H14N2.C11H7N2.Au/c1-3-9-16(10-4-1)20-15-21(17-11-5-2-6-12-17)19-14-8-7-13-18(19)20;1-2-5-9-8(4-1)11-10(13-9)6-3-7-12-11;/h1-14H;1-7H;/q+2;-1;+1. The molecule has 6 aromatic rings. The molecule has 1 aliphatic rings. The van der Waals surface area contributed by atoms with Crippen molar-refractivity contribution in [3.05, 3.63) is 128 Å². The van der Waals surface area contributed by atoms with E-state index in [9.17, 15) is 0 Å². The quantitative estimate of drug-likeness (QED) is 0.153. The van der Waals surface area contributed by atoms with Gasteiger partial charge in [0.2, 0.25) is 11.4 Å².